The third-order valence-electron chi connectivity index (χ3n) is 3.50. The van der Waals surface area contributed by atoms with Crippen molar-refractivity contribution >= 4 is 21.6 Å². The van der Waals surface area contributed by atoms with E-state index in [9.17, 15) is 8.42 Å². The summed E-state index contributed by atoms with van der Waals surface area (Å²) in [5.74, 6) is 1.13. The van der Waals surface area contributed by atoms with Crippen molar-refractivity contribution in [1.82, 2.24) is 4.31 Å². The van der Waals surface area contributed by atoms with Crippen LogP contribution in [0.4, 0.5) is 0 Å². The molecule has 1 aromatic rings. The van der Waals surface area contributed by atoms with E-state index in [1.807, 2.05) is 0 Å². The normalized spacial score (nSPS) is 18.5. The van der Waals surface area contributed by atoms with Gasteiger partial charge in [-0.1, -0.05) is 18.5 Å². The number of benzene rings is 1. The minimum atomic E-state index is -3.50. The van der Waals surface area contributed by atoms with Crippen LogP contribution in [0.15, 0.2) is 23.1 Å². The Kier molecular flexibility index (Phi) is 4.38. The first-order valence-electron chi connectivity index (χ1n) is 6.29. The Hall–Kier alpha value is -0.780. The average molecular weight is 304 g/mol. The van der Waals surface area contributed by atoms with E-state index >= 15 is 0 Å². The second-order valence-electron chi connectivity index (χ2n) is 4.88. The van der Waals surface area contributed by atoms with Gasteiger partial charge in [0, 0.05) is 19.2 Å². The van der Waals surface area contributed by atoms with Crippen molar-refractivity contribution in [2.75, 3.05) is 20.2 Å². The van der Waals surface area contributed by atoms with E-state index in [0.717, 1.165) is 12.8 Å². The van der Waals surface area contributed by atoms with Crippen LogP contribution in [0.1, 0.15) is 19.8 Å². The van der Waals surface area contributed by atoms with Crippen molar-refractivity contribution in [3.8, 4) is 5.75 Å². The van der Waals surface area contributed by atoms with Gasteiger partial charge in [-0.05, 0) is 30.9 Å². The van der Waals surface area contributed by atoms with Gasteiger partial charge in [0.2, 0.25) is 10.0 Å². The molecule has 0 aliphatic carbocycles. The van der Waals surface area contributed by atoms with Crippen molar-refractivity contribution < 1.29 is 13.2 Å². The molecule has 0 atom stereocenters. The molecule has 0 N–H and O–H groups in total. The molecule has 1 fully saturated rings. The topological polar surface area (TPSA) is 46.6 Å². The SMILES string of the molecule is COc1ccc(S(=O)(=O)N2CCC(C)CC2)c(Cl)c1. The molecule has 1 saturated heterocycles. The molecule has 0 aromatic heterocycles. The second-order valence-corrected chi connectivity index (χ2v) is 7.20. The van der Waals surface area contributed by atoms with Gasteiger partial charge in [0.05, 0.1) is 12.1 Å². The highest BCUT2D eigenvalue weighted by molar-refractivity contribution is 7.89. The maximum Gasteiger partial charge on any atom is 0.244 e. The zero-order valence-corrected chi connectivity index (χ0v) is 12.7. The standard InChI is InChI=1S/C13H18ClNO3S/c1-10-5-7-15(8-6-10)19(16,17)13-4-3-11(18-2)9-12(13)14/h3-4,9-10H,5-8H2,1-2H3. The van der Waals surface area contributed by atoms with Crippen molar-refractivity contribution in [2.24, 2.45) is 5.92 Å². The lowest BCUT2D eigenvalue weighted by Crippen LogP contribution is -2.37. The van der Waals surface area contributed by atoms with E-state index in [0.29, 0.717) is 24.8 Å². The lowest BCUT2D eigenvalue weighted by Gasteiger charge is -2.29. The highest BCUT2D eigenvalue weighted by atomic mass is 35.5. The fourth-order valence-electron chi connectivity index (χ4n) is 2.18. The minimum absolute atomic E-state index is 0.157. The second kappa shape index (κ2) is 5.69. The molecular formula is C13H18ClNO3S. The summed E-state index contributed by atoms with van der Waals surface area (Å²) in [7, 11) is -1.98. The zero-order chi connectivity index (χ0) is 14.0. The molecule has 0 bridgehead atoms. The molecule has 0 saturated carbocycles. The Morgan fingerprint density at radius 1 is 1.32 bits per heavy atom. The number of sulfonamides is 1. The quantitative estimate of drug-likeness (QED) is 0.862. The average Bonchev–Trinajstić information content (AvgIpc) is 2.38. The van der Waals surface area contributed by atoms with Crippen LogP contribution in [0.2, 0.25) is 5.02 Å². The van der Waals surface area contributed by atoms with E-state index in [4.69, 9.17) is 16.3 Å². The van der Waals surface area contributed by atoms with E-state index in [-0.39, 0.29) is 9.92 Å². The number of nitrogens with zero attached hydrogens (tertiary/aromatic N) is 1. The third kappa shape index (κ3) is 3.04. The Labute approximate surface area is 119 Å². The van der Waals surface area contributed by atoms with Crippen LogP contribution < -0.4 is 4.74 Å². The fraction of sp³-hybridized carbons (Fsp3) is 0.538. The summed E-state index contributed by atoms with van der Waals surface area (Å²) in [5.41, 5.74) is 0. The highest BCUT2D eigenvalue weighted by Crippen LogP contribution is 2.30. The zero-order valence-electron chi connectivity index (χ0n) is 11.1. The van der Waals surface area contributed by atoms with Gasteiger partial charge in [0.1, 0.15) is 10.6 Å². The Morgan fingerprint density at radius 3 is 2.47 bits per heavy atom. The van der Waals surface area contributed by atoms with Crippen LogP contribution in [0.5, 0.6) is 5.75 Å². The Bertz CT molecular complexity index is 551. The van der Waals surface area contributed by atoms with Crippen molar-refractivity contribution in [3.05, 3.63) is 23.2 Å². The molecule has 2 rings (SSSR count). The van der Waals surface area contributed by atoms with Crippen molar-refractivity contribution in [2.45, 2.75) is 24.7 Å². The Morgan fingerprint density at radius 2 is 1.95 bits per heavy atom. The van der Waals surface area contributed by atoms with E-state index in [1.165, 1.54) is 23.5 Å². The van der Waals surface area contributed by atoms with Gasteiger partial charge in [-0.3, -0.25) is 0 Å². The molecule has 0 radical (unpaired) electrons. The predicted molar refractivity (Wildman–Crippen MR) is 75.2 cm³/mol. The van der Waals surface area contributed by atoms with E-state index in [1.54, 1.807) is 6.07 Å². The fourth-order valence-corrected chi connectivity index (χ4v) is 4.16. The van der Waals surface area contributed by atoms with Crippen LogP contribution in [-0.2, 0) is 10.0 Å². The first kappa shape index (κ1) is 14.6. The summed E-state index contributed by atoms with van der Waals surface area (Å²) in [6.07, 6.45) is 1.79. The van der Waals surface area contributed by atoms with Gasteiger partial charge in [0.25, 0.3) is 0 Å². The molecule has 1 aromatic carbocycles. The lowest BCUT2D eigenvalue weighted by molar-refractivity contribution is 0.288. The summed E-state index contributed by atoms with van der Waals surface area (Å²) in [4.78, 5) is 0.157. The molecule has 1 aliphatic rings. The number of ether oxygens (including phenoxy) is 1. The smallest absolute Gasteiger partial charge is 0.244 e. The number of halogens is 1. The van der Waals surface area contributed by atoms with Crippen LogP contribution in [-0.4, -0.2) is 32.9 Å². The largest absolute Gasteiger partial charge is 0.497 e. The Balaban J connectivity index is 2.29. The molecule has 6 heteroatoms. The number of methoxy groups -OCH3 is 1. The highest BCUT2D eigenvalue weighted by Gasteiger charge is 2.29. The minimum Gasteiger partial charge on any atom is -0.497 e. The van der Waals surface area contributed by atoms with Crippen LogP contribution in [0.3, 0.4) is 0 Å². The first-order valence-corrected chi connectivity index (χ1v) is 8.10. The molecule has 19 heavy (non-hydrogen) atoms. The summed E-state index contributed by atoms with van der Waals surface area (Å²) in [6, 6.07) is 4.65. The molecule has 1 aliphatic heterocycles. The molecule has 4 nitrogen and oxygen atoms in total. The van der Waals surface area contributed by atoms with Gasteiger partial charge in [0.15, 0.2) is 0 Å². The molecular weight excluding hydrogens is 286 g/mol. The van der Waals surface area contributed by atoms with Gasteiger partial charge >= 0.3 is 0 Å². The van der Waals surface area contributed by atoms with E-state index in [2.05, 4.69) is 6.92 Å². The van der Waals surface area contributed by atoms with Crippen LogP contribution in [0, 0.1) is 5.92 Å². The summed E-state index contributed by atoms with van der Waals surface area (Å²) >= 11 is 6.05. The predicted octanol–water partition coefficient (Wildman–Crippen LogP) is 2.77. The van der Waals surface area contributed by atoms with Gasteiger partial charge in [-0.15, -0.1) is 0 Å². The molecule has 0 unspecified atom stereocenters. The summed E-state index contributed by atoms with van der Waals surface area (Å²) in [6.45, 7) is 3.27. The number of hydrogen-bond donors (Lipinski definition) is 0. The molecule has 0 amide bonds. The summed E-state index contributed by atoms with van der Waals surface area (Å²) < 4.78 is 31.6. The maximum absolute atomic E-state index is 12.5. The molecule has 106 valence electrons. The van der Waals surface area contributed by atoms with Crippen molar-refractivity contribution in [3.63, 3.8) is 0 Å². The van der Waals surface area contributed by atoms with Gasteiger partial charge in [-0.2, -0.15) is 4.31 Å². The number of piperidine rings is 1. The maximum atomic E-state index is 12.5. The van der Waals surface area contributed by atoms with Crippen molar-refractivity contribution in [1.29, 1.82) is 0 Å². The van der Waals surface area contributed by atoms with Crippen LogP contribution >= 0.6 is 11.6 Å². The number of hydrogen-bond acceptors (Lipinski definition) is 3. The van der Waals surface area contributed by atoms with E-state index < -0.39 is 10.0 Å². The molecule has 0 spiro atoms. The lowest BCUT2D eigenvalue weighted by atomic mass is 10.0. The van der Waals surface area contributed by atoms with Gasteiger partial charge < -0.3 is 4.74 Å². The first-order chi connectivity index (χ1) is 8.95. The van der Waals surface area contributed by atoms with Gasteiger partial charge in [-0.25, -0.2) is 8.42 Å². The summed E-state index contributed by atoms with van der Waals surface area (Å²) in [5, 5.41) is 0.206. The number of rotatable bonds is 3. The molecule has 1 heterocycles. The monoisotopic (exact) mass is 303 g/mol. The third-order valence-corrected chi connectivity index (χ3v) is 5.88. The van der Waals surface area contributed by atoms with Crippen LogP contribution in [0.25, 0.3) is 0 Å².